The van der Waals surface area contributed by atoms with Gasteiger partial charge in [-0.1, -0.05) is 6.92 Å². The minimum atomic E-state index is -1.54. The van der Waals surface area contributed by atoms with E-state index in [-0.39, 0.29) is 6.42 Å². The zero-order chi connectivity index (χ0) is 13.9. The van der Waals surface area contributed by atoms with E-state index in [1.807, 2.05) is 0 Å². The highest BCUT2D eigenvalue weighted by atomic mass is 16.7. The van der Waals surface area contributed by atoms with Crippen molar-refractivity contribution < 1.29 is 34.7 Å². The zero-order valence-corrected chi connectivity index (χ0v) is 9.97. The Morgan fingerprint density at radius 2 is 1.94 bits per heavy atom. The van der Waals surface area contributed by atoms with E-state index in [1.54, 1.807) is 6.92 Å². The van der Waals surface area contributed by atoms with Crippen LogP contribution in [0, 0.1) is 0 Å². The van der Waals surface area contributed by atoms with Crippen molar-refractivity contribution in [3.63, 3.8) is 0 Å². The first kappa shape index (κ1) is 15.3. The van der Waals surface area contributed by atoms with Crippen molar-refractivity contribution in [1.82, 2.24) is 0 Å². The number of hydrogen-bond acceptors (Lipinski definition) is 7. The van der Waals surface area contributed by atoms with Crippen molar-refractivity contribution in [3.8, 4) is 0 Å². The Balaban J connectivity index is 2.72. The number of carbonyl (C=O) groups is 1. The maximum absolute atomic E-state index is 11.0. The molecule has 106 valence electrons. The van der Waals surface area contributed by atoms with Crippen molar-refractivity contribution in [1.29, 1.82) is 0 Å². The number of carbonyl (C=O) groups excluding carboxylic acids is 1. The second-order valence-corrected chi connectivity index (χ2v) is 4.13. The van der Waals surface area contributed by atoms with Gasteiger partial charge in [-0.2, -0.15) is 0 Å². The van der Waals surface area contributed by atoms with Crippen molar-refractivity contribution >= 4 is 5.91 Å². The summed E-state index contributed by atoms with van der Waals surface area (Å²) < 4.78 is 10.2. The van der Waals surface area contributed by atoms with Gasteiger partial charge in [-0.3, -0.25) is 4.79 Å². The molecule has 1 rings (SSSR count). The second-order valence-electron chi connectivity index (χ2n) is 4.13. The summed E-state index contributed by atoms with van der Waals surface area (Å²) in [5.74, 6) is -0.727. The van der Waals surface area contributed by atoms with Crippen LogP contribution >= 0.6 is 0 Å². The highest BCUT2D eigenvalue weighted by molar-refractivity contribution is 5.78. The monoisotopic (exact) mass is 265 g/mol. The Morgan fingerprint density at radius 3 is 2.39 bits per heavy atom. The maximum atomic E-state index is 11.0. The van der Waals surface area contributed by atoms with Crippen LogP contribution < -0.4 is 5.73 Å². The van der Waals surface area contributed by atoms with Gasteiger partial charge in [-0.25, -0.2) is 0 Å². The fraction of sp³-hybridized carbons (Fsp3) is 0.900. The third-order valence-corrected chi connectivity index (χ3v) is 2.83. The summed E-state index contributed by atoms with van der Waals surface area (Å²) in [6.07, 6.45) is -7.64. The highest BCUT2D eigenvalue weighted by Gasteiger charge is 2.45. The van der Waals surface area contributed by atoms with E-state index in [9.17, 15) is 20.1 Å². The lowest BCUT2D eigenvalue weighted by Crippen LogP contribution is -2.60. The zero-order valence-electron chi connectivity index (χ0n) is 9.97. The molecule has 1 heterocycles. The molecule has 0 saturated carbocycles. The van der Waals surface area contributed by atoms with Gasteiger partial charge in [0.25, 0.3) is 0 Å². The van der Waals surface area contributed by atoms with E-state index in [2.05, 4.69) is 0 Å². The molecule has 1 fully saturated rings. The number of amides is 1. The van der Waals surface area contributed by atoms with Crippen molar-refractivity contribution in [2.45, 2.75) is 50.2 Å². The first-order valence-electron chi connectivity index (χ1n) is 5.67. The van der Waals surface area contributed by atoms with E-state index in [4.69, 9.17) is 20.3 Å². The van der Waals surface area contributed by atoms with Crippen LogP contribution in [0.3, 0.4) is 0 Å². The molecule has 0 bridgehead atoms. The fourth-order valence-electron chi connectivity index (χ4n) is 1.71. The molecule has 6 N–H and O–H groups in total. The van der Waals surface area contributed by atoms with Crippen molar-refractivity contribution in [2.24, 2.45) is 5.73 Å². The molecule has 18 heavy (non-hydrogen) atoms. The molecule has 1 aliphatic heterocycles. The van der Waals surface area contributed by atoms with Crippen molar-refractivity contribution in [2.75, 3.05) is 6.61 Å². The predicted octanol–water partition coefficient (Wildman–Crippen LogP) is -2.93. The number of ether oxygens (including phenoxy) is 2. The van der Waals surface area contributed by atoms with Crippen LogP contribution in [0.1, 0.15) is 13.3 Å². The minimum absolute atomic E-state index is 0.268. The molecule has 8 nitrogen and oxygen atoms in total. The predicted molar refractivity (Wildman–Crippen MR) is 58.1 cm³/mol. The van der Waals surface area contributed by atoms with Gasteiger partial charge in [-0.15, -0.1) is 0 Å². The first-order chi connectivity index (χ1) is 8.42. The van der Waals surface area contributed by atoms with Crippen LogP contribution in [-0.2, 0) is 14.3 Å². The molecule has 0 aromatic rings. The van der Waals surface area contributed by atoms with Crippen LogP contribution in [0.2, 0.25) is 0 Å². The Kier molecular flexibility index (Phi) is 5.45. The smallest absolute Gasteiger partial charge is 0.246 e. The average Bonchev–Trinajstić information content (AvgIpc) is 2.35. The van der Waals surface area contributed by atoms with Crippen LogP contribution in [0.25, 0.3) is 0 Å². The molecule has 0 aromatic heterocycles. The van der Waals surface area contributed by atoms with Crippen molar-refractivity contribution in [3.05, 3.63) is 0 Å². The molecule has 8 heteroatoms. The van der Waals surface area contributed by atoms with E-state index >= 15 is 0 Å². The molecule has 0 aromatic carbocycles. The summed E-state index contributed by atoms with van der Waals surface area (Å²) in [4.78, 5) is 11.0. The standard InChI is InChI=1S/C10H19NO7/c1-2-4(9(11)16)17-10-8(15)7(14)6(13)5(3-12)18-10/h4-8,10,12-15H,2-3H2,1H3,(H2,11,16)/t4?,5?,6-,7?,8+,10-/m1/s1. The van der Waals surface area contributed by atoms with Crippen LogP contribution in [0.15, 0.2) is 0 Å². The minimum Gasteiger partial charge on any atom is -0.394 e. The van der Waals surface area contributed by atoms with Gasteiger partial charge in [-0.05, 0) is 6.42 Å². The van der Waals surface area contributed by atoms with E-state index in [1.165, 1.54) is 0 Å². The Bertz CT molecular complexity index is 285. The number of aliphatic hydroxyl groups excluding tert-OH is 4. The SMILES string of the molecule is CCC(O[C@@H]1OC(CO)[C@@H](O)C(O)[C@@H]1O)C(N)=O. The largest absolute Gasteiger partial charge is 0.394 e. The van der Waals surface area contributed by atoms with Crippen LogP contribution in [-0.4, -0.2) is 69.8 Å². The summed E-state index contributed by atoms with van der Waals surface area (Å²) in [5.41, 5.74) is 5.08. The summed E-state index contributed by atoms with van der Waals surface area (Å²) >= 11 is 0. The molecular formula is C10H19NO7. The number of aliphatic hydroxyl groups is 4. The summed E-state index contributed by atoms with van der Waals surface area (Å²) in [7, 11) is 0. The van der Waals surface area contributed by atoms with Gasteiger partial charge in [0.1, 0.15) is 30.5 Å². The molecule has 0 spiro atoms. The molecule has 6 atom stereocenters. The van der Waals surface area contributed by atoms with Gasteiger partial charge in [0.05, 0.1) is 6.61 Å². The highest BCUT2D eigenvalue weighted by Crippen LogP contribution is 2.23. The summed E-state index contributed by atoms with van der Waals surface area (Å²) in [6, 6.07) is 0. The second kappa shape index (κ2) is 6.41. The van der Waals surface area contributed by atoms with Gasteiger partial charge in [0, 0.05) is 0 Å². The molecule has 0 aliphatic carbocycles. The molecule has 1 saturated heterocycles. The number of primary amides is 1. The third kappa shape index (κ3) is 3.16. The molecule has 1 aliphatic rings. The topological polar surface area (TPSA) is 142 Å². The molecule has 3 unspecified atom stereocenters. The molecular weight excluding hydrogens is 246 g/mol. The maximum Gasteiger partial charge on any atom is 0.246 e. The number of hydrogen-bond donors (Lipinski definition) is 5. The van der Waals surface area contributed by atoms with Gasteiger partial charge >= 0.3 is 0 Å². The number of nitrogens with two attached hydrogens (primary N) is 1. The van der Waals surface area contributed by atoms with Crippen LogP contribution in [0.4, 0.5) is 0 Å². The lowest BCUT2D eigenvalue weighted by Gasteiger charge is -2.40. The van der Waals surface area contributed by atoms with Crippen LogP contribution in [0.5, 0.6) is 0 Å². The van der Waals surface area contributed by atoms with Gasteiger partial charge in [0.2, 0.25) is 5.91 Å². The fourth-order valence-corrected chi connectivity index (χ4v) is 1.71. The average molecular weight is 265 g/mol. The summed E-state index contributed by atoms with van der Waals surface area (Å²) in [6.45, 7) is 1.09. The summed E-state index contributed by atoms with van der Waals surface area (Å²) in [5, 5.41) is 37.7. The Morgan fingerprint density at radius 1 is 1.33 bits per heavy atom. The Hall–Kier alpha value is -0.770. The van der Waals surface area contributed by atoms with E-state index in [0.717, 1.165) is 0 Å². The lowest BCUT2D eigenvalue weighted by molar-refractivity contribution is -0.308. The number of rotatable bonds is 5. The lowest BCUT2D eigenvalue weighted by atomic mass is 9.99. The normalized spacial score (nSPS) is 38.4. The Labute approximate surface area is 104 Å². The first-order valence-corrected chi connectivity index (χ1v) is 5.67. The molecule has 1 amide bonds. The molecule has 0 radical (unpaired) electrons. The van der Waals surface area contributed by atoms with Gasteiger partial charge in [0.15, 0.2) is 6.29 Å². The van der Waals surface area contributed by atoms with Gasteiger partial charge < -0.3 is 35.6 Å². The van der Waals surface area contributed by atoms with E-state index in [0.29, 0.717) is 0 Å². The van der Waals surface area contributed by atoms with E-state index < -0.39 is 49.3 Å². The quantitative estimate of drug-likeness (QED) is 0.358. The third-order valence-electron chi connectivity index (χ3n) is 2.83.